The normalized spacial score (nSPS) is 10.8. The van der Waals surface area contributed by atoms with Gasteiger partial charge in [-0.2, -0.15) is 4.72 Å². The summed E-state index contributed by atoms with van der Waals surface area (Å²) in [7, 11) is -3.66. The van der Waals surface area contributed by atoms with Gasteiger partial charge in [0, 0.05) is 5.56 Å². The van der Waals surface area contributed by atoms with Crippen LogP contribution in [0.1, 0.15) is 15.9 Å². The van der Waals surface area contributed by atoms with Crippen LogP contribution in [-0.4, -0.2) is 34.0 Å². The van der Waals surface area contributed by atoms with E-state index in [1.54, 1.807) is 0 Å². The molecular weight excluding hydrogens is 352 g/mol. The number of sulfonamides is 1. The van der Waals surface area contributed by atoms with E-state index in [1.807, 2.05) is 31.2 Å². The number of carbonyl (C=O) groups excluding carboxylic acids is 1. The molecule has 6 nitrogen and oxygen atoms in total. The smallest absolute Gasteiger partial charge is 0.251 e. The standard InChI is InChI=1S/C19H20N2O4S/c1-3-12-21-26(23,24)18-10-6-16(7-11-18)19(22)20-13-14-25-17-8-4-15(2)5-9-17/h1,4-11,21H,12-14H2,2H3,(H,20,22). The number of terminal acetylenes is 1. The topological polar surface area (TPSA) is 84.5 Å². The maximum absolute atomic E-state index is 12.1. The van der Waals surface area contributed by atoms with Crippen LogP contribution in [0, 0.1) is 19.3 Å². The molecule has 26 heavy (non-hydrogen) atoms. The molecule has 0 aliphatic carbocycles. The van der Waals surface area contributed by atoms with Crippen molar-refractivity contribution in [2.24, 2.45) is 0 Å². The number of nitrogens with one attached hydrogen (secondary N) is 2. The highest BCUT2D eigenvalue weighted by Crippen LogP contribution is 2.12. The summed E-state index contributed by atoms with van der Waals surface area (Å²) in [4.78, 5) is 12.1. The minimum absolute atomic E-state index is 0.0482. The molecule has 0 aromatic heterocycles. The summed E-state index contributed by atoms with van der Waals surface area (Å²) in [6.07, 6.45) is 5.04. The van der Waals surface area contributed by atoms with Crippen molar-refractivity contribution in [3.63, 3.8) is 0 Å². The Bertz CT molecular complexity index is 883. The molecule has 0 fully saturated rings. The minimum atomic E-state index is -3.66. The number of carbonyl (C=O) groups is 1. The molecule has 0 radical (unpaired) electrons. The fourth-order valence-electron chi connectivity index (χ4n) is 2.08. The summed E-state index contributed by atoms with van der Waals surface area (Å²) in [5, 5.41) is 2.72. The van der Waals surface area contributed by atoms with Gasteiger partial charge in [-0.3, -0.25) is 4.79 Å². The van der Waals surface area contributed by atoms with Crippen molar-refractivity contribution < 1.29 is 17.9 Å². The molecule has 0 unspecified atom stereocenters. The molecule has 1 amide bonds. The van der Waals surface area contributed by atoms with E-state index in [0.717, 1.165) is 11.3 Å². The van der Waals surface area contributed by atoms with Crippen molar-refractivity contribution >= 4 is 15.9 Å². The highest BCUT2D eigenvalue weighted by molar-refractivity contribution is 7.89. The molecule has 0 atom stereocenters. The Balaban J connectivity index is 1.84. The fraction of sp³-hybridized carbons (Fsp3) is 0.211. The van der Waals surface area contributed by atoms with Gasteiger partial charge in [-0.1, -0.05) is 23.6 Å². The van der Waals surface area contributed by atoms with Crippen molar-refractivity contribution in [3.05, 3.63) is 59.7 Å². The summed E-state index contributed by atoms with van der Waals surface area (Å²) in [5.41, 5.74) is 1.50. The molecule has 2 aromatic carbocycles. The second kappa shape index (κ2) is 9.04. The van der Waals surface area contributed by atoms with E-state index in [2.05, 4.69) is 16.0 Å². The average Bonchev–Trinajstić information content (AvgIpc) is 2.65. The van der Waals surface area contributed by atoms with E-state index in [-0.39, 0.29) is 17.3 Å². The van der Waals surface area contributed by atoms with E-state index in [9.17, 15) is 13.2 Å². The van der Waals surface area contributed by atoms with Crippen molar-refractivity contribution in [2.45, 2.75) is 11.8 Å². The Hall–Kier alpha value is -2.82. The van der Waals surface area contributed by atoms with Crippen LogP contribution in [0.15, 0.2) is 53.4 Å². The van der Waals surface area contributed by atoms with Crippen LogP contribution in [0.25, 0.3) is 0 Å². The van der Waals surface area contributed by atoms with Crippen LogP contribution >= 0.6 is 0 Å². The summed E-state index contributed by atoms with van der Waals surface area (Å²) >= 11 is 0. The predicted octanol–water partition coefficient (Wildman–Crippen LogP) is 1.72. The lowest BCUT2D eigenvalue weighted by Crippen LogP contribution is -2.28. The first-order valence-electron chi connectivity index (χ1n) is 7.93. The van der Waals surface area contributed by atoms with Crippen molar-refractivity contribution in [3.8, 4) is 18.1 Å². The van der Waals surface area contributed by atoms with E-state index in [0.29, 0.717) is 18.7 Å². The zero-order valence-electron chi connectivity index (χ0n) is 14.4. The van der Waals surface area contributed by atoms with Crippen molar-refractivity contribution in [2.75, 3.05) is 19.7 Å². The highest BCUT2D eigenvalue weighted by Gasteiger charge is 2.13. The summed E-state index contributed by atoms with van der Waals surface area (Å²) in [6.45, 7) is 2.56. The minimum Gasteiger partial charge on any atom is -0.492 e. The number of aryl methyl sites for hydroxylation is 1. The van der Waals surface area contributed by atoms with Gasteiger partial charge in [-0.15, -0.1) is 6.42 Å². The molecule has 2 N–H and O–H groups in total. The Labute approximate surface area is 153 Å². The molecule has 0 heterocycles. The lowest BCUT2D eigenvalue weighted by atomic mass is 10.2. The molecule has 2 rings (SSSR count). The molecule has 0 saturated carbocycles. The molecule has 0 aliphatic heterocycles. The van der Waals surface area contributed by atoms with Crippen LogP contribution in [0.3, 0.4) is 0 Å². The summed E-state index contributed by atoms with van der Waals surface area (Å²) in [5.74, 6) is 2.63. The zero-order valence-corrected chi connectivity index (χ0v) is 15.2. The SMILES string of the molecule is C#CCNS(=O)(=O)c1ccc(C(=O)NCCOc2ccc(C)cc2)cc1. The van der Waals surface area contributed by atoms with Crippen molar-refractivity contribution in [1.29, 1.82) is 0 Å². The number of hydrogen-bond acceptors (Lipinski definition) is 4. The van der Waals surface area contributed by atoms with E-state index in [4.69, 9.17) is 11.2 Å². The van der Waals surface area contributed by atoms with Gasteiger partial charge < -0.3 is 10.1 Å². The second-order valence-corrected chi connectivity index (χ2v) is 7.24. The van der Waals surface area contributed by atoms with Crippen LogP contribution in [0.4, 0.5) is 0 Å². The Kier molecular flexibility index (Phi) is 6.78. The van der Waals surface area contributed by atoms with E-state index >= 15 is 0 Å². The van der Waals surface area contributed by atoms with Gasteiger partial charge in [0.2, 0.25) is 10.0 Å². The number of amides is 1. The molecule has 0 saturated heterocycles. The lowest BCUT2D eigenvalue weighted by molar-refractivity contribution is 0.0947. The number of ether oxygens (including phenoxy) is 1. The monoisotopic (exact) mass is 372 g/mol. The molecule has 0 aliphatic rings. The van der Waals surface area contributed by atoms with Crippen LogP contribution < -0.4 is 14.8 Å². The number of hydrogen-bond donors (Lipinski definition) is 2. The van der Waals surface area contributed by atoms with Crippen molar-refractivity contribution in [1.82, 2.24) is 10.0 Å². The summed E-state index contributed by atoms with van der Waals surface area (Å²) in [6, 6.07) is 13.2. The first kappa shape index (κ1) is 19.5. The van der Waals surface area contributed by atoms with Gasteiger partial charge in [0.25, 0.3) is 5.91 Å². The third-order valence-electron chi connectivity index (χ3n) is 3.47. The molecule has 0 bridgehead atoms. The molecule has 2 aromatic rings. The summed E-state index contributed by atoms with van der Waals surface area (Å²) < 4.78 is 31.6. The first-order valence-corrected chi connectivity index (χ1v) is 9.41. The maximum Gasteiger partial charge on any atom is 0.251 e. The number of rotatable bonds is 8. The lowest BCUT2D eigenvalue weighted by Gasteiger charge is -2.09. The van der Waals surface area contributed by atoms with Gasteiger partial charge in [0.1, 0.15) is 12.4 Å². The van der Waals surface area contributed by atoms with Gasteiger partial charge in [-0.05, 0) is 43.3 Å². The Morgan fingerprint density at radius 1 is 1.12 bits per heavy atom. The van der Waals surface area contributed by atoms with Gasteiger partial charge in [0.05, 0.1) is 18.0 Å². The molecule has 136 valence electrons. The quantitative estimate of drug-likeness (QED) is 0.546. The van der Waals surface area contributed by atoms with E-state index < -0.39 is 10.0 Å². The molecule has 0 spiro atoms. The highest BCUT2D eigenvalue weighted by atomic mass is 32.2. The second-order valence-electron chi connectivity index (χ2n) is 5.47. The van der Waals surface area contributed by atoms with E-state index in [1.165, 1.54) is 24.3 Å². The third-order valence-corrected chi connectivity index (χ3v) is 4.89. The zero-order chi connectivity index (χ0) is 19.0. The third kappa shape index (κ3) is 5.62. The Morgan fingerprint density at radius 3 is 2.38 bits per heavy atom. The van der Waals surface area contributed by atoms with Gasteiger partial charge in [0.15, 0.2) is 0 Å². The van der Waals surface area contributed by atoms with Crippen LogP contribution in [0.5, 0.6) is 5.75 Å². The Morgan fingerprint density at radius 2 is 1.77 bits per heavy atom. The van der Waals surface area contributed by atoms with Gasteiger partial charge in [-0.25, -0.2) is 8.42 Å². The largest absolute Gasteiger partial charge is 0.492 e. The van der Waals surface area contributed by atoms with Crippen LogP contribution in [0.2, 0.25) is 0 Å². The number of benzene rings is 2. The fourth-order valence-corrected chi connectivity index (χ4v) is 3.01. The molecule has 7 heteroatoms. The first-order chi connectivity index (χ1) is 12.4. The average molecular weight is 372 g/mol. The maximum atomic E-state index is 12.1. The predicted molar refractivity (Wildman–Crippen MR) is 99.5 cm³/mol. The van der Waals surface area contributed by atoms with Gasteiger partial charge >= 0.3 is 0 Å². The molecular formula is C19H20N2O4S. The van der Waals surface area contributed by atoms with Crippen LogP contribution in [-0.2, 0) is 10.0 Å².